The molecule has 2 N–H and O–H groups in total. The molecule has 4 heteroatoms. The Hall–Kier alpha value is -1.13. The van der Waals surface area contributed by atoms with Crippen molar-refractivity contribution in [3.05, 3.63) is 23.9 Å². The molecule has 1 aliphatic heterocycles. The van der Waals surface area contributed by atoms with Gasteiger partial charge in [-0.25, -0.2) is 4.98 Å². The number of nitrogen functional groups attached to an aromatic ring is 1. The van der Waals surface area contributed by atoms with Crippen molar-refractivity contribution in [1.29, 1.82) is 0 Å². The number of nitrogens with two attached hydrogens (primary N) is 1. The summed E-state index contributed by atoms with van der Waals surface area (Å²) < 4.78 is 5.64. The number of ether oxygens (including phenoxy) is 1. The van der Waals surface area contributed by atoms with Crippen molar-refractivity contribution in [3.8, 4) is 0 Å². The quantitative estimate of drug-likeness (QED) is 0.835. The van der Waals surface area contributed by atoms with Crippen LogP contribution < -0.4 is 5.73 Å². The lowest BCUT2D eigenvalue weighted by Gasteiger charge is -2.32. The van der Waals surface area contributed by atoms with Gasteiger partial charge in [0.25, 0.3) is 0 Å². The summed E-state index contributed by atoms with van der Waals surface area (Å²) in [4.78, 5) is 6.41. The molecule has 1 atom stereocenters. The SMILES string of the molecule is CCC1CN(Cc2ccnc(N)c2)CCO1. The fourth-order valence-corrected chi connectivity index (χ4v) is 2.02. The number of rotatable bonds is 3. The van der Waals surface area contributed by atoms with E-state index in [4.69, 9.17) is 10.5 Å². The van der Waals surface area contributed by atoms with Gasteiger partial charge in [-0.2, -0.15) is 0 Å². The molecule has 0 radical (unpaired) electrons. The van der Waals surface area contributed by atoms with E-state index in [1.165, 1.54) is 5.56 Å². The molecule has 1 aliphatic rings. The largest absolute Gasteiger partial charge is 0.384 e. The van der Waals surface area contributed by atoms with Crippen molar-refractivity contribution in [2.75, 3.05) is 25.4 Å². The second kappa shape index (κ2) is 5.27. The first-order valence-corrected chi connectivity index (χ1v) is 5.82. The van der Waals surface area contributed by atoms with Crippen LogP contribution in [0.25, 0.3) is 0 Å². The van der Waals surface area contributed by atoms with E-state index in [2.05, 4.69) is 16.8 Å². The maximum absolute atomic E-state index is 5.66. The molecule has 1 unspecified atom stereocenters. The predicted molar refractivity (Wildman–Crippen MR) is 64.0 cm³/mol. The zero-order valence-corrected chi connectivity index (χ0v) is 9.72. The van der Waals surface area contributed by atoms with Crippen LogP contribution in [0.2, 0.25) is 0 Å². The highest BCUT2D eigenvalue weighted by atomic mass is 16.5. The third-order valence-corrected chi connectivity index (χ3v) is 2.93. The second-order valence-corrected chi connectivity index (χ2v) is 4.23. The van der Waals surface area contributed by atoms with Crippen LogP contribution in [0.1, 0.15) is 18.9 Å². The van der Waals surface area contributed by atoms with E-state index in [1.54, 1.807) is 6.20 Å². The Kier molecular flexibility index (Phi) is 3.74. The van der Waals surface area contributed by atoms with Crippen LogP contribution in [-0.2, 0) is 11.3 Å². The fraction of sp³-hybridized carbons (Fsp3) is 0.583. The molecular weight excluding hydrogens is 202 g/mol. The van der Waals surface area contributed by atoms with Gasteiger partial charge in [-0.3, -0.25) is 4.90 Å². The number of pyridine rings is 1. The molecule has 0 aliphatic carbocycles. The molecule has 2 rings (SSSR count). The van der Waals surface area contributed by atoms with Gasteiger partial charge in [0.1, 0.15) is 5.82 Å². The molecule has 1 saturated heterocycles. The minimum atomic E-state index is 0.382. The lowest BCUT2D eigenvalue weighted by atomic mass is 10.2. The van der Waals surface area contributed by atoms with E-state index in [0.717, 1.165) is 32.7 Å². The van der Waals surface area contributed by atoms with Crippen molar-refractivity contribution >= 4 is 5.82 Å². The number of hydrogen-bond acceptors (Lipinski definition) is 4. The number of hydrogen-bond donors (Lipinski definition) is 1. The Balaban J connectivity index is 1.94. The molecule has 0 amide bonds. The van der Waals surface area contributed by atoms with Crippen LogP contribution in [0.4, 0.5) is 5.82 Å². The van der Waals surface area contributed by atoms with Gasteiger partial charge in [0, 0.05) is 25.8 Å². The number of morpholine rings is 1. The van der Waals surface area contributed by atoms with E-state index >= 15 is 0 Å². The second-order valence-electron chi connectivity index (χ2n) is 4.23. The van der Waals surface area contributed by atoms with Gasteiger partial charge in [-0.15, -0.1) is 0 Å². The summed E-state index contributed by atoms with van der Waals surface area (Å²) in [7, 11) is 0. The highest BCUT2D eigenvalue weighted by Gasteiger charge is 2.18. The molecule has 0 aromatic carbocycles. The normalized spacial score (nSPS) is 22.2. The van der Waals surface area contributed by atoms with Crippen LogP contribution in [0, 0.1) is 0 Å². The van der Waals surface area contributed by atoms with Crippen molar-refractivity contribution < 1.29 is 4.74 Å². The standard InChI is InChI=1S/C12H19N3O/c1-2-11-9-15(5-6-16-11)8-10-3-4-14-12(13)7-10/h3-4,7,11H,2,5-6,8-9H2,1H3,(H2,13,14). The minimum Gasteiger partial charge on any atom is -0.384 e. The van der Waals surface area contributed by atoms with Crippen LogP contribution >= 0.6 is 0 Å². The van der Waals surface area contributed by atoms with Gasteiger partial charge in [-0.05, 0) is 24.1 Å². The first kappa shape index (κ1) is 11.4. The monoisotopic (exact) mass is 221 g/mol. The summed E-state index contributed by atoms with van der Waals surface area (Å²) in [5.41, 5.74) is 6.89. The molecule has 1 aromatic rings. The highest BCUT2D eigenvalue weighted by Crippen LogP contribution is 2.12. The Labute approximate surface area is 96.4 Å². The lowest BCUT2D eigenvalue weighted by Crippen LogP contribution is -2.41. The maximum Gasteiger partial charge on any atom is 0.123 e. The summed E-state index contributed by atoms with van der Waals surface area (Å²) >= 11 is 0. The zero-order valence-electron chi connectivity index (χ0n) is 9.72. The fourth-order valence-electron chi connectivity index (χ4n) is 2.02. The molecule has 0 bridgehead atoms. The van der Waals surface area contributed by atoms with Gasteiger partial charge in [0.15, 0.2) is 0 Å². The van der Waals surface area contributed by atoms with Crippen LogP contribution in [0.15, 0.2) is 18.3 Å². The van der Waals surface area contributed by atoms with E-state index in [0.29, 0.717) is 11.9 Å². The molecule has 1 fully saturated rings. The summed E-state index contributed by atoms with van der Waals surface area (Å²) in [5, 5.41) is 0. The van der Waals surface area contributed by atoms with Crippen molar-refractivity contribution in [2.45, 2.75) is 26.0 Å². The number of aromatic nitrogens is 1. The van der Waals surface area contributed by atoms with Crippen LogP contribution in [0.5, 0.6) is 0 Å². The molecule has 4 nitrogen and oxygen atoms in total. The summed E-state index contributed by atoms with van der Waals surface area (Å²) in [5.74, 6) is 0.595. The number of nitrogens with zero attached hydrogens (tertiary/aromatic N) is 2. The highest BCUT2D eigenvalue weighted by molar-refractivity contribution is 5.31. The lowest BCUT2D eigenvalue weighted by molar-refractivity contribution is -0.0324. The molecule has 2 heterocycles. The van der Waals surface area contributed by atoms with Gasteiger partial charge in [-0.1, -0.05) is 6.92 Å². The van der Waals surface area contributed by atoms with Crippen LogP contribution in [-0.4, -0.2) is 35.7 Å². The van der Waals surface area contributed by atoms with Crippen molar-refractivity contribution in [2.24, 2.45) is 0 Å². The Morgan fingerprint density at radius 1 is 1.62 bits per heavy atom. The molecule has 88 valence electrons. The third-order valence-electron chi connectivity index (χ3n) is 2.93. The van der Waals surface area contributed by atoms with Gasteiger partial charge >= 0.3 is 0 Å². The third kappa shape index (κ3) is 2.93. The van der Waals surface area contributed by atoms with E-state index in [1.807, 2.05) is 12.1 Å². The van der Waals surface area contributed by atoms with Crippen LogP contribution in [0.3, 0.4) is 0 Å². The summed E-state index contributed by atoms with van der Waals surface area (Å²) in [6.07, 6.45) is 3.23. The molecular formula is C12H19N3O. The van der Waals surface area contributed by atoms with Crippen molar-refractivity contribution in [1.82, 2.24) is 9.88 Å². The zero-order chi connectivity index (χ0) is 11.4. The van der Waals surface area contributed by atoms with E-state index in [-0.39, 0.29) is 0 Å². The maximum atomic E-state index is 5.66. The van der Waals surface area contributed by atoms with E-state index < -0.39 is 0 Å². The van der Waals surface area contributed by atoms with Gasteiger partial charge < -0.3 is 10.5 Å². The predicted octanol–water partition coefficient (Wildman–Crippen LogP) is 1.27. The molecule has 16 heavy (non-hydrogen) atoms. The molecule has 0 spiro atoms. The van der Waals surface area contributed by atoms with Gasteiger partial charge in [0.05, 0.1) is 12.7 Å². The first-order valence-electron chi connectivity index (χ1n) is 5.82. The molecule has 0 saturated carbocycles. The summed E-state index contributed by atoms with van der Waals surface area (Å²) in [6, 6.07) is 3.96. The molecule has 1 aromatic heterocycles. The summed E-state index contributed by atoms with van der Waals surface area (Å²) in [6.45, 7) is 5.95. The Bertz CT molecular complexity index is 343. The smallest absolute Gasteiger partial charge is 0.123 e. The van der Waals surface area contributed by atoms with E-state index in [9.17, 15) is 0 Å². The minimum absolute atomic E-state index is 0.382. The average molecular weight is 221 g/mol. The first-order chi connectivity index (χ1) is 7.78. The van der Waals surface area contributed by atoms with Gasteiger partial charge in [0.2, 0.25) is 0 Å². The average Bonchev–Trinajstić information content (AvgIpc) is 2.29. The Morgan fingerprint density at radius 2 is 2.50 bits per heavy atom. The van der Waals surface area contributed by atoms with Crippen molar-refractivity contribution in [3.63, 3.8) is 0 Å². The Morgan fingerprint density at radius 3 is 3.25 bits per heavy atom. The number of anilines is 1. The topological polar surface area (TPSA) is 51.4 Å².